The van der Waals surface area contributed by atoms with Gasteiger partial charge in [-0.1, -0.05) is 17.7 Å². The second-order valence-electron chi connectivity index (χ2n) is 8.91. The molecule has 12 heteroatoms. The summed E-state index contributed by atoms with van der Waals surface area (Å²) in [5, 5.41) is 15.6. The maximum Gasteiger partial charge on any atom is 0.410 e. The van der Waals surface area contributed by atoms with Crippen molar-refractivity contribution in [3.8, 4) is 0 Å². The molecule has 0 atom stereocenters. The number of nitrogens with one attached hydrogen (secondary N) is 2. The van der Waals surface area contributed by atoms with Crippen molar-refractivity contribution in [2.75, 3.05) is 23.8 Å². The molecule has 1 aromatic carbocycles. The summed E-state index contributed by atoms with van der Waals surface area (Å²) in [6.07, 6.45) is 3.35. The molecule has 2 aliphatic rings. The zero-order valence-electron chi connectivity index (χ0n) is 19.5. The summed E-state index contributed by atoms with van der Waals surface area (Å²) in [6.45, 7) is 0.912. The molecule has 0 radical (unpaired) electrons. The first-order chi connectivity index (χ1) is 17.8. The fourth-order valence-corrected chi connectivity index (χ4v) is 4.95. The van der Waals surface area contributed by atoms with Crippen molar-refractivity contribution in [3.05, 3.63) is 52.9 Å². The third-order valence-electron chi connectivity index (χ3n) is 6.67. The molecule has 2 aromatic heterocycles. The second kappa shape index (κ2) is 10.1. The van der Waals surface area contributed by atoms with Gasteiger partial charge in [0, 0.05) is 18.2 Å². The number of carboxylic acids is 1. The van der Waals surface area contributed by atoms with E-state index in [2.05, 4.69) is 15.6 Å². The van der Waals surface area contributed by atoms with Gasteiger partial charge in [-0.15, -0.1) is 0 Å². The molecule has 1 saturated heterocycles. The number of rotatable bonds is 6. The predicted molar refractivity (Wildman–Crippen MR) is 133 cm³/mol. The zero-order valence-corrected chi connectivity index (χ0v) is 20.3. The fraction of sp³-hybridized carbons (Fsp3) is 0.320. The van der Waals surface area contributed by atoms with Crippen molar-refractivity contribution in [1.29, 1.82) is 0 Å². The molecule has 37 heavy (non-hydrogen) atoms. The lowest BCUT2D eigenvalue weighted by Gasteiger charge is -2.32. The first-order valence-electron chi connectivity index (χ1n) is 11.8. The number of cyclic esters (lactones) is 1. The Bertz CT molecular complexity index is 1380. The van der Waals surface area contributed by atoms with E-state index in [1.165, 1.54) is 30.5 Å². The van der Waals surface area contributed by atoms with Crippen LogP contribution in [0.15, 0.2) is 40.9 Å². The Hall–Kier alpha value is -4.12. The summed E-state index contributed by atoms with van der Waals surface area (Å²) in [5.41, 5.74) is 0.00634. The van der Waals surface area contributed by atoms with E-state index in [9.17, 15) is 24.3 Å². The number of aromatic nitrogens is 1. The highest BCUT2D eigenvalue weighted by molar-refractivity contribution is 6.30. The van der Waals surface area contributed by atoms with Crippen LogP contribution in [-0.4, -0.2) is 58.1 Å². The topological polar surface area (TPSA) is 151 Å². The molecular weight excluding hydrogens is 504 g/mol. The summed E-state index contributed by atoms with van der Waals surface area (Å²) >= 11 is 5.85. The fourth-order valence-electron chi connectivity index (χ4n) is 4.84. The summed E-state index contributed by atoms with van der Waals surface area (Å²) in [5.74, 6) is -2.73. The van der Waals surface area contributed by atoms with Crippen LogP contribution in [0.3, 0.4) is 0 Å². The number of hydrogen-bond acceptors (Lipinski definition) is 7. The van der Waals surface area contributed by atoms with Gasteiger partial charge in [0.15, 0.2) is 0 Å². The summed E-state index contributed by atoms with van der Waals surface area (Å²) < 4.78 is 10.7. The van der Waals surface area contributed by atoms with Gasteiger partial charge < -0.3 is 29.8 Å². The SMILES string of the molecule is O=C(Nc1ccc(Cl)cn1)c1oc2cccc(C(=O)O)c2c1NC(=O)C1CCC(N2CCOC2=O)CC1. The average Bonchev–Trinajstić information content (AvgIpc) is 3.49. The zero-order chi connectivity index (χ0) is 26.1. The van der Waals surface area contributed by atoms with Crippen LogP contribution in [-0.2, 0) is 9.53 Å². The van der Waals surface area contributed by atoms with E-state index in [-0.39, 0.29) is 57.8 Å². The number of amides is 3. The lowest BCUT2D eigenvalue weighted by atomic mass is 9.84. The lowest BCUT2D eigenvalue weighted by molar-refractivity contribution is -0.121. The molecule has 5 rings (SSSR count). The summed E-state index contributed by atoms with van der Waals surface area (Å²) in [4.78, 5) is 55.9. The number of furan rings is 1. The van der Waals surface area contributed by atoms with Crippen molar-refractivity contribution < 1.29 is 33.4 Å². The Morgan fingerprint density at radius 3 is 2.51 bits per heavy atom. The third kappa shape index (κ3) is 4.94. The maximum atomic E-state index is 13.3. The Morgan fingerprint density at radius 1 is 1.08 bits per heavy atom. The van der Waals surface area contributed by atoms with Crippen molar-refractivity contribution >= 4 is 58.0 Å². The Kier molecular flexibility index (Phi) is 6.70. The third-order valence-corrected chi connectivity index (χ3v) is 6.89. The number of benzene rings is 1. The quantitative estimate of drug-likeness (QED) is 0.428. The van der Waals surface area contributed by atoms with E-state index in [4.69, 9.17) is 20.8 Å². The molecule has 0 unspecified atom stereocenters. The van der Waals surface area contributed by atoms with Crippen LogP contribution in [0.2, 0.25) is 5.02 Å². The van der Waals surface area contributed by atoms with Gasteiger partial charge in [-0.25, -0.2) is 14.6 Å². The van der Waals surface area contributed by atoms with Gasteiger partial charge in [0.05, 0.1) is 22.5 Å². The molecule has 192 valence electrons. The minimum atomic E-state index is -1.23. The van der Waals surface area contributed by atoms with Gasteiger partial charge in [-0.2, -0.15) is 0 Å². The van der Waals surface area contributed by atoms with E-state index in [1.54, 1.807) is 11.0 Å². The lowest BCUT2D eigenvalue weighted by Crippen LogP contribution is -2.40. The number of fused-ring (bicyclic) bond motifs is 1. The van der Waals surface area contributed by atoms with Crippen LogP contribution >= 0.6 is 11.6 Å². The normalized spacial score (nSPS) is 19.5. The summed E-state index contributed by atoms with van der Waals surface area (Å²) in [6, 6.07) is 7.45. The average molecular weight is 527 g/mol. The number of nitrogens with zero attached hydrogens (tertiary/aromatic N) is 2. The monoisotopic (exact) mass is 526 g/mol. The number of carboxylic acid groups (broad SMARTS) is 1. The Balaban J connectivity index is 1.40. The van der Waals surface area contributed by atoms with E-state index < -0.39 is 11.9 Å². The predicted octanol–water partition coefficient (Wildman–Crippen LogP) is 4.38. The van der Waals surface area contributed by atoms with Gasteiger partial charge in [0.25, 0.3) is 5.91 Å². The van der Waals surface area contributed by atoms with E-state index >= 15 is 0 Å². The van der Waals surface area contributed by atoms with Gasteiger partial charge in [-0.3, -0.25) is 9.59 Å². The van der Waals surface area contributed by atoms with Crippen LogP contribution in [0.1, 0.15) is 46.6 Å². The van der Waals surface area contributed by atoms with Gasteiger partial charge >= 0.3 is 12.1 Å². The van der Waals surface area contributed by atoms with E-state index in [1.807, 2.05) is 0 Å². The largest absolute Gasteiger partial charge is 0.478 e. The molecule has 0 bridgehead atoms. The molecule has 1 aliphatic heterocycles. The first-order valence-corrected chi connectivity index (χ1v) is 12.2. The highest BCUT2D eigenvalue weighted by Crippen LogP contribution is 2.36. The van der Waals surface area contributed by atoms with Crippen LogP contribution in [0.25, 0.3) is 11.0 Å². The number of halogens is 1. The molecule has 3 N–H and O–H groups in total. The van der Waals surface area contributed by atoms with Gasteiger partial charge in [0.1, 0.15) is 23.7 Å². The highest BCUT2D eigenvalue weighted by Gasteiger charge is 2.35. The molecule has 1 aliphatic carbocycles. The Labute approximate surface area is 215 Å². The van der Waals surface area contributed by atoms with Crippen molar-refractivity contribution in [3.63, 3.8) is 0 Å². The molecule has 3 heterocycles. The van der Waals surface area contributed by atoms with Crippen LogP contribution in [0.5, 0.6) is 0 Å². The summed E-state index contributed by atoms with van der Waals surface area (Å²) in [7, 11) is 0. The van der Waals surface area contributed by atoms with Crippen LogP contribution in [0, 0.1) is 5.92 Å². The van der Waals surface area contributed by atoms with E-state index in [0.717, 1.165) is 0 Å². The standard InChI is InChI=1S/C25H23ClN4O7/c26-14-6-9-18(27-12-14)28-23(32)21-20(19-16(24(33)34)2-1-3-17(19)37-21)29-22(31)13-4-7-15(8-5-13)30-10-11-36-25(30)35/h1-3,6,9,12-13,15H,4-5,7-8,10-11H2,(H,29,31)(H,33,34)(H,27,28,32). The molecule has 3 amide bonds. The number of pyridine rings is 1. The minimum absolute atomic E-state index is 0.0145. The molecular formula is C25H23ClN4O7. The molecule has 0 spiro atoms. The first kappa shape index (κ1) is 24.6. The number of anilines is 2. The number of carbonyl (C=O) groups is 4. The van der Waals surface area contributed by atoms with Crippen LogP contribution < -0.4 is 10.6 Å². The number of ether oxygens (including phenoxy) is 1. The smallest absolute Gasteiger partial charge is 0.410 e. The minimum Gasteiger partial charge on any atom is -0.478 e. The van der Waals surface area contributed by atoms with Crippen molar-refractivity contribution in [2.45, 2.75) is 31.7 Å². The highest BCUT2D eigenvalue weighted by atomic mass is 35.5. The molecule has 1 saturated carbocycles. The van der Waals surface area contributed by atoms with Crippen molar-refractivity contribution in [2.24, 2.45) is 5.92 Å². The van der Waals surface area contributed by atoms with Gasteiger partial charge in [0.2, 0.25) is 11.7 Å². The van der Waals surface area contributed by atoms with Crippen molar-refractivity contribution in [1.82, 2.24) is 9.88 Å². The number of aromatic carboxylic acids is 1. The number of carbonyl (C=O) groups excluding carboxylic acids is 3. The van der Waals surface area contributed by atoms with E-state index in [0.29, 0.717) is 43.9 Å². The molecule has 11 nitrogen and oxygen atoms in total. The van der Waals surface area contributed by atoms with Crippen LogP contribution in [0.4, 0.5) is 16.3 Å². The Morgan fingerprint density at radius 2 is 1.86 bits per heavy atom. The second-order valence-corrected chi connectivity index (χ2v) is 9.34. The number of hydrogen-bond donors (Lipinski definition) is 3. The maximum absolute atomic E-state index is 13.3. The molecule has 2 fully saturated rings. The van der Waals surface area contributed by atoms with Gasteiger partial charge in [-0.05, 0) is 49.9 Å². The molecule has 3 aromatic rings.